The normalized spacial score (nSPS) is 16.0. The van der Waals surface area contributed by atoms with Gasteiger partial charge in [-0.3, -0.25) is 9.59 Å². The van der Waals surface area contributed by atoms with Gasteiger partial charge in [0.2, 0.25) is 0 Å². The van der Waals surface area contributed by atoms with E-state index in [2.05, 4.69) is 10.3 Å². The van der Waals surface area contributed by atoms with Gasteiger partial charge in [-0.1, -0.05) is 35.9 Å². The Kier molecular flexibility index (Phi) is 3.85. The fourth-order valence-corrected chi connectivity index (χ4v) is 3.84. The highest BCUT2D eigenvalue weighted by Crippen LogP contribution is 2.33. The third kappa shape index (κ3) is 2.72. The molecule has 3 aromatic rings. The summed E-state index contributed by atoms with van der Waals surface area (Å²) in [7, 11) is 0. The highest BCUT2D eigenvalue weighted by Gasteiger charge is 2.28. The van der Waals surface area contributed by atoms with Crippen LogP contribution in [-0.2, 0) is 11.2 Å². The fourth-order valence-electron chi connectivity index (χ4n) is 3.64. The van der Waals surface area contributed by atoms with Crippen LogP contribution in [0.3, 0.4) is 0 Å². The van der Waals surface area contributed by atoms with Crippen LogP contribution in [-0.4, -0.2) is 16.7 Å². The number of aromatic nitrogens is 1. The minimum absolute atomic E-state index is 0.144. The van der Waals surface area contributed by atoms with Crippen molar-refractivity contribution < 1.29 is 9.59 Å². The fraction of sp³-hybridized carbons (Fsp3) is 0.200. The molecule has 1 heterocycles. The van der Waals surface area contributed by atoms with Crippen molar-refractivity contribution in [2.24, 2.45) is 0 Å². The summed E-state index contributed by atoms with van der Waals surface area (Å²) in [6.07, 6.45) is 1.63. The van der Waals surface area contributed by atoms with Crippen LogP contribution in [0.1, 0.15) is 39.6 Å². The van der Waals surface area contributed by atoms with Crippen molar-refractivity contribution in [2.45, 2.75) is 25.8 Å². The summed E-state index contributed by atoms with van der Waals surface area (Å²) < 4.78 is 0. The number of hydrogen-bond acceptors (Lipinski definition) is 2. The van der Waals surface area contributed by atoms with Crippen LogP contribution in [0.2, 0.25) is 5.02 Å². The quantitative estimate of drug-likeness (QED) is 0.550. The second kappa shape index (κ2) is 6.05. The molecule has 1 aliphatic rings. The average Bonchev–Trinajstić information content (AvgIpc) is 3.13. The molecule has 1 amide bonds. The van der Waals surface area contributed by atoms with Crippen molar-refractivity contribution in [3.8, 4) is 0 Å². The van der Waals surface area contributed by atoms with E-state index >= 15 is 0 Å². The number of Topliss-reactive ketones (excluding diaryl/α,β-unsaturated/α-hetero) is 1. The van der Waals surface area contributed by atoms with Crippen LogP contribution in [0, 0.1) is 6.92 Å². The first-order chi connectivity index (χ1) is 12.0. The van der Waals surface area contributed by atoms with E-state index in [-0.39, 0.29) is 6.04 Å². The van der Waals surface area contributed by atoms with Gasteiger partial charge in [0.05, 0.1) is 11.6 Å². The number of H-pyrrole nitrogens is 1. The molecule has 5 heteroatoms. The Labute approximate surface area is 150 Å². The number of ketones is 1. The van der Waals surface area contributed by atoms with Gasteiger partial charge >= 0.3 is 0 Å². The molecule has 0 fully saturated rings. The van der Waals surface area contributed by atoms with Crippen molar-refractivity contribution in [1.82, 2.24) is 10.3 Å². The molecule has 2 aromatic carbocycles. The lowest BCUT2D eigenvalue weighted by molar-refractivity contribution is -0.117. The van der Waals surface area contributed by atoms with Crippen LogP contribution in [0.15, 0.2) is 42.5 Å². The van der Waals surface area contributed by atoms with E-state index in [1.54, 1.807) is 0 Å². The standard InChI is InChI=1S/C20H17ClN2O2/c1-11-18(15-4-2-3-5-16(15)22-11)19(24)20(25)23-17-9-6-12-10-13(21)7-8-14(12)17/h2-5,7-8,10,17,22H,6,9H2,1H3,(H,23,25)/t17-/m0/s1. The Bertz CT molecular complexity index is 1010. The summed E-state index contributed by atoms with van der Waals surface area (Å²) in [4.78, 5) is 28.5. The van der Waals surface area contributed by atoms with E-state index in [1.807, 2.05) is 49.4 Å². The summed E-state index contributed by atoms with van der Waals surface area (Å²) in [5, 5.41) is 4.36. The molecule has 1 aromatic heterocycles. The molecule has 0 saturated heterocycles. The number of halogens is 1. The zero-order chi connectivity index (χ0) is 17.6. The number of carbonyl (C=O) groups excluding carboxylic acids is 2. The molecule has 1 atom stereocenters. The lowest BCUT2D eigenvalue weighted by atomic mass is 10.0. The Balaban J connectivity index is 1.60. The highest BCUT2D eigenvalue weighted by atomic mass is 35.5. The maximum absolute atomic E-state index is 12.7. The number of nitrogens with one attached hydrogen (secondary N) is 2. The van der Waals surface area contributed by atoms with Crippen LogP contribution in [0.5, 0.6) is 0 Å². The van der Waals surface area contributed by atoms with Gasteiger partial charge in [-0.2, -0.15) is 0 Å². The first kappa shape index (κ1) is 15.9. The van der Waals surface area contributed by atoms with Gasteiger partial charge in [-0.15, -0.1) is 0 Å². The summed E-state index contributed by atoms with van der Waals surface area (Å²) >= 11 is 6.02. The van der Waals surface area contributed by atoms with Crippen LogP contribution < -0.4 is 5.32 Å². The number of fused-ring (bicyclic) bond motifs is 2. The molecule has 1 aliphatic carbocycles. The molecule has 0 unspecified atom stereocenters. The van der Waals surface area contributed by atoms with E-state index in [0.717, 1.165) is 34.9 Å². The summed E-state index contributed by atoms with van der Waals surface area (Å²) in [6.45, 7) is 1.81. The first-order valence-electron chi connectivity index (χ1n) is 8.25. The first-order valence-corrected chi connectivity index (χ1v) is 8.63. The lowest BCUT2D eigenvalue weighted by Crippen LogP contribution is -2.33. The summed E-state index contributed by atoms with van der Waals surface area (Å²) in [6, 6.07) is 13.0. The van der Waals surface area contributed by atoms with E-state index in [4.69, 9.17) is 11.6 Å². The molecule has 0 aliphatic heterocycles. The Hall–Kier alpha value is -2.59. The number of rotatable bonds is 3. The molecular formula is C20H17ClN2O2. The summed E-state index contributed by atoms with van der Waals surface area (Å²) in [5.41, 5.74) is 4.19. The number of aromatic amines is 1. The molecular weight excluding hydrogens is 336 g/mol. The third-order valence-electron chi connectivity index (χ3n) is 4.81. The maximum Gasteiger partial charge on any atom is 0.292 e. The second-order valence-corrected chi connectivity index (χ2v) is 6.84. The predicted molar refractivity (Wildman–Crippen MR) is 98.0 cm³/mol. The van der Waals surface area contributed by atoms with Gasteiger partial charge in [-0.05, 0) is 49.1 Å². The van der Waals surface area contributed by atoms with E-state index in [0.29, 0.717) is 16.3 Å². The van der Waals surface area contributed by atoms with Crippen molar-refractivity contribution in [3.05, 3.63) is 69.9 Å². The Morgan fingerprint density at radius 1 is 1.20 bits per heavy atom. The Morgan fingerprint density at radius 2 is 2.00 bits per heavy atom. The van der Waals surface area contributed by atoms with Crippen LogP contribution in [0.25, 0.3) is 10.9 Å². The molecule has 4 rings (SSSR count). The maximum atomic E-state index is 12.7. The van der Waals surface area contributed by atoms with Crippen LogP contribution in [0.4, 0.5) is 0 Å². The minimum Gasteiger partial charge on any atom is -0.358 e. The largest absolute Gasteiger partial charge is 0.358 e. The summed E-state index contributed by atoms with van der Waals surface area (Å²) in [5.74, 6) is -1.07. The second-order valence-electron chi connectivity index (χ2n) is 6.41. The number of para-hydroxylation sites is 1. The van der Waals surface area contributed by atoms with Gasteiger partial charge in [-0.25, -0.2) is 0 Å². The number of benzene rings is 2. The monoisotopic (exact) mass is 352 g/mol. The molecule has 0 saturated carbocycles. The molecule has 0 radical (unpaired) electrons. The topological polar surface area (TPSA) is 62.0 Å². The van der Waals surface area contributed by atoms with E-state index in [9.17, 15) is 9.59 Å². The number of amides is 1. The third-order valence-corrected chi connectivity index (χ3v) is 5.05. The van der Waals surface area contributed by atoms with Gasteiger partial charge < -0.3 is 10.3 Å². The number of hydrogen-bond donors (Lipinski definition) is 2. The molecule has 0 spiro atoms. The minimum atomic E-state index is -0.569. The van der Waals surface area contributed by atoms with Gasteiger partial charge in [0, 0.05) is 21.6 Å². The molecule has 2 N–H and O–H groups in total. The molecule has 25 heavy (non-hydrogen) atoms. The van der Waals surface area contributed by atoms with Crippen molar-refractivity contribution in [1.29, 1.82) is 0 Å². The van der Waals surface area contributed by atoms with Gasteiger partial charge in [0.15, 0.2) is 0 Å². The van der Waals surface area contributed by atoms with E-state index < -0.39 is 11.7 Å². The molecule has 4 nitrogen and oxygen atoms in total. The predicted octanol–water partition coefficient (Wildman–Crippen LogP) is 4.12. The molecule has 0 bridgehead atoms. The average molecular weight is 353 g/mol. The van der Waals surface area contributed by atoms with Crippen molar-refractivity contribution in [3.63, 3.8) is 0 Å². The van der Waals surface area contributed by atoms with E-state index in [1.165, 1.54) is 0 Å². The number of aryl methyl sites for hydroxylation is 2. The highest BCUT2D eigenvalue weighted by molar-refractivity contribution is 6.45. The zero-order valence-electron chi connectivity index (χ0n) is 13.7. The number of carbonyl (C=O) groups is 2. The Morgan fingerprint density at radius 3 is 2.84 bits per heavy atom. The van der Waals surface area contributed by atoms with Crippen molar-refractivity contribution >= 4 is 34.2 Å². The van der Waals surface area contributed by atoms with Crippen molar-refractivity contribution in [2.75, 3.05) is 0 Å². The smallest absolute Gasteiger partial charge is 0.292 e. The lowest BCUT2D eigenvalue weighted by Gasteiger charge is -2.13. The zero-order valence-corrected chi connectivity index (χ0v) is 14.5. The SMILES string of the molecule is Cc1[nH]c2ccccc2c1C(=O)C(=O)N[C@H]1CCc2cc(Cl)ccc21. The van der Waals surface area contributed by atoms with Crippen LogP contribution >= 0.6 is 11.6 Å². The van der Waals surface area contributed by atoms with Gasteiger partial charge in [0.1, 0.15) is 0 Å². The van der Waals surface area contributed by atoms with Gasteiger partial charge in [0.25, 0.3) is 11.7 Å². The molecule has 126 valence electrons.